The maximum absolute atomic E-state index is 14.3. The quantitative estimate of drug-likeness (QED) is 0.0803. The molecule has 4 aliphatic carbocycles. The molecule has 15 heteroatoms. The van der Waals surface area contributed by atoms with Crippen molar-refractivity contribution in [2.24, 2.45) is 46.3 Å². The van der Waals surface area contributed by atoms with Crippen LogP contribution in [-0.2, 0) is 47.4 Å². The van der Waals surface area contributed by atoms with Crippen molar-refractivity contribution in [3.63, 3.8) is 0 Å². The van der Waals surface area contributed by atoms with Crippen molar-refractivity contribution in [2.45, 2.75) is 166 Å². The molecule has 0 unspecified atom stereocenters. The van der Waals surface area contributed by atoms with Crippen LogP contribution in [0.4, 0.5) is 0 Å². The van der Waals surface area contributed by atoms with E-state index < -0.39 is 85.0 Å². The lowest BCUT2D eigenvalue weighted by Gasteiger charge is -2.58. The predicted octanol–water partition coefficient (Wildman–Crippen LogP) is 10.5. The number of carbonyl (C=O) groups is 4. The van der Waals surface area contributed by atoms with Crippen LogP contribution in [0.2, 0.25) is 0 Å². The Labute approximate surface area is 474 Å². The molecule has 15 nitrogen and oxygen atoms in total. The molecule has 20 atom stereocenters. The summed E-state index contributed by atoms with van der Waals surface area (Å²) in [5, 5.41) is 11.9. The second-order valence-electron chi connectivity index (χ2n) is 24.8. The molecule has 0 aromatic heterocycles. The summed E-state index contributed by atoms with van der Waals surface area (Å²) in [5.74, 6) is -0.575. The van der Waals surface area contributed by atoms with Gasteiger partial charge in [0.1, 0.15) is 6.10 Å². The Bertz CT molecular complexity index is 2910. The van der Waals surface area contributed by atoms with Gasteiger partial charge in [-0.1, -0.05) is 112 Å². The Morgan fingerprint density at radius 2 is 1.14 bits per heavy atom. The third-order valence-corrected chi connectivity index (χ3v) is 20.1. The van der Waals surface area contributed by atoms with Gasteiger partial charge in [0, 0.05) is 12.3 Å². The smallest absolute Gasteiger partial charge is 0.338 e. The van der Waals surface area contributed by atoms with Crippen LogP contribution >= 0.6 is 0 Å². The number of aliphatic hydroxyl groups excluding tert-OH is 1. The zero-order chi connectivity index (χ0) is 56.2. The number of esters is 4. The minimum atomic E-state index is -1.65. The molecule has 4 saturated heterocycles. The largest absolute Gasteiger partial charge is 0.453 e. The van der Waals surface area contributed by atoms with E-state index in [0.717, 1.165) is 51.6 Å². The van der Waals surface area contributed by atoms with Gasteiger partial charge in [0.25, 0.3) is 0 Å². The number of aliphatic hydroxyl groups is 1. The molecule has 1 spiro atoms. The lowest BCUT2D eigenvalue weighted by Crippen LogP contribution is -2.65. The van der Waals surface area contributed by atoms with Crippen LogP contribution < -0.4 is 0 Å². The highest BCUT2D eigenvalue weighted by molar-refractivity contribution is 5.91. The van der Waals surface area contributed by atoms with Crippen LogP contribution in [0.1, 0.15) is 134 Å². The Morgan fingerprint density at radius 3 is 1.70 bits per heavy atom. The molecule has 4 aliphatic heterocycles. The zero-order valence-electron chi connectivity index (χ0n) is 46.9. The molecule has 8 aliphatic rings. The minimum Gasteiger partial charge on any atom is -0.453 e. The number of hydrogen-bond donors (Lipinski definition) is 1. The summed E-state index contributed by atoms with van der Waals surface area (Å²) in [7, 11) is 0. The van der Waals surface area contributed by atoms with Gasteiger partial charge in [-0.05, 0) is 147 Å². The second kappa shape index (κ2) is 22.8. The van der Waals surface area contributed by atoms with Crippen molar-refractivity contribution in [3.8, 4) is 0 Å². The second-order valence-corrected chi connectivity index (χ2v) is 24.8. The number of carbonyl (C=O) groups excluding carboxylic acids is 4. The normalized spacial score (nSPS) is 39.6. The third-order valence-electron chi connectivity index (χ3n) is 20.1. The van der Waals surface area contributed by atoms with Gasteiger partial charge < -0.3 is 52.5 Å². The highest BCUT2D eigenvalue weighted by atomic mass is 16.8. The fourth-order valence-electron chi connectivity index (χ4n) is 15.8. The molecule has 0 amide bonds. The molecular weight excluding hydrogens is 1030 g/mol. The van der Waals surface area contributed by atoms with E-state index in [0.29, 0.717) is 48.3 Å². The summed E-state index contributed by atoms with van der Waals surface area (Å²) in [6.07, 6.45) is -1.73. The Kier molecular flexibility index (Phi) is 15.7. The molecule has 430 valence electrons. The van der Waals surface area contributed by atoms with Crippen molar-refractivity contribution in [2.75, 3.05) is 13.2 Å². The summed E-state index contributed by atoms with van der Waals surface area (Å²) in [6, 6.07) is 33.2. The highest BCUT2D eigenvalue weighted by Crippen LogP contribution is 2.71. The van der Waals surface area contributed by atoms with Crippen molar-refractivity contribution < 1.29 is 71.7 Å². The van der Waals surface area contributed by atoms with E-state index in [1.54, 1.807) is 128 Å². The van der Waals surface area contributed by atoms with Gasteiger partial charge in [-0.2, -0.15) is 0 Å². The van der Waals surface area contributed by atoms with Gasteiger partial charge in [0.2, 0.25) is 0 Å². The molecule has 4 aromatic rings. The number of benzene rings is 4. The Morgan fingerprint density at radius 1 is 0.580 bits per heavy atom. The molecule has 81 heavy (non-hydrogen) atoms. The van der Waals surface area contributed by atoms with Crippen LogP contribution in [0, 0.1) is 46.3 Å². The number of allylic oxidation sites excluding steroid dienone is 1. The SMILES string of the molecule is C[C@@H]1CC[C@@]2(OC1)O[C@H]1C[C@H]3[C@@H]4CC=C5C[C@@H](O[C@@H]6OC[C@H](O)[C@H](OC(=O)c7ccccc7)[C@H]6O[C@@H]6O[C@@H](C)[C@H](OC(=O)c7ccccc7)[C@@H](OC(=O)c7ccccc7)[C@H]6OC(=O)c6ccccc6)CC[C@]5(C)[C@H]4CC[C@]3(C)[C@H]1[C@@H]2C. The van der Waals surface area contributed by atoms with Crippen LogP contribution in [0.25, 0.3) is 0 Å². The van der Waals surface area contributed by atoms with E-state index in [1.807, 2.05) is 0 Å². The Hall–Kier alpha value is -5.78. The summed E-state index contributed by atoms with van der Waals surface area (Å²) in [6.45, 7) is 11.8. The van der Waals surface area contributed by atoms with Gasteiger partial charge in [-0.15, -0.1) is 0 Å². The molecular formula is C66H76O15. The maximum atomic E-state index is 14.3. The number of ether oxygens (including phenoxy) is 10. The molecule has 0 radical (unpaired) electrons. The van der Waals surface area contributed by atoms with Gasteiger partial charge in [0.05, 0.1) is 53.8 Å². The lowest BCUT2D eigenvalue weighted by molar-refractivity contribution is -0.356. The molecule has 7 fully saturated rings. The number of fused-ring (bicyclic) bond motifs is 7. The molecule has 4 heterocycles. The number of rotatable bonds is 12. The predicted molar refractivity (Wildman–Crippen MR) is 294 cm³/mol. The molecule has 12 rings (SSSR count). The summed E-state index contributed by atoms with van der Waals surface area (Å²) in [4.78, 5) is 56.4. The van der Waals surface area contributed by atoms with E-state index in [-0.39, 0.29) is 51.9 Å². The van der Waals surface area contributed by atoms with Crippen LogP contribution in [0.15, 0.2) is 133 Å². The first kappa shape index (κ1) is 55.7. The molecule has 3 saturated carbocycles. The molecule has 1 N–H and O–H groups in total. The summed E-state index contributed by atoms with van der Waals surface area (Å²) in [5.41, 5.74) is 2.30. The lowest BCUT2D eigenvalue weighted by atomic mass is 9.47. The van der Waals surface area contributed by atoms with Gasteiger partial charge in [0.15, 0.2) is 48.9 Å². The number of hydrogen-bond acceptors (Lipinski definition) is 15. The minimum absolute atomic E-state index is 0.0416. The first-order valence-corrected chi connectivity index (χ1v) is 29.4. The topological polar surface area (TPSA) is 181 Å². The van der Waals surface area contributed by atoms with Crippen molar-refractivity contribution >= 4 is 23.9 Å². The van der Waals surface area contributed by atoms with Crippen molar-refractivity contribution in [3.05, 3.63) is 155 Å². The standard InChI is InChI=1S/C66H76O15/c1-38-28-33-66(73-36-38)39(2)52-51(81-66)35-49-47-27-26-45-34-46(29-31-64(45,4)48(47)30-32-65(49,52)5)75-62-56(54(50(67)37-72-62)77-59(69)42-20-12-7-13-21-42)80-63-57(79-61(71)44-24-16-9-17-25-44)55(78-60(70)43-22-14-8-15-23-43)53(40(3)74-63)76-58(68)41-18-10-6-11-19-41/h6-26,38-40,46-57,62-63,67H,27-37H2,1-5H3/t38-,39+,40+,46+,47-,48+,49+,50+,51+,52+,53+,54+,55-,56-,57-,62+,63+,64+,65+,66-/m1/s1. The summed E-state index contributed by atoms with van der Waals surface area (Å²) < 4.78 is 65.7. The average Bonchev–Trinajstić information content (AvgIpc) is 3.10. The zero-order valence-corrected chi connectivity index (χ0v) is 46.9. The third kappa shape index (κ3) is 10.6. The van der Waals surface area contributed by atoms with E-state index in [2.05, 4.69) is 33.8 Å². The fraction of sp³-hybridized carbons (Fsp3) is 0.545. The molecule has 0 bridgehead atoms. The van der Waals surface area contributed by atoms with Gasteiger partial charge in [-0.25, -0.2) is 19.2 Å². The van der Waals surface area contributed by atoms with Gasteiger partial charge >= 0.3 is 23.9 Å². The monoisotopic (exact) mass is 1110 g/mol. The first-order valence-electron chi connectivity index (χ1n) is 29.4. The van der Waals surface area contributed by atoms with Crippen molar-refractivity contribution in [1.82, 2.24) is 0 Å². The van der Waals surface area contributed by atoms with Gasteiger partial charge in [-0.3, -0.25) is 0 Å². The fourth-order valence-corrected chi connectivity index (χ4v) is 15.8. The highest BCUT2D eigenvalue weighted by Gasteiger charge is 2.69. The summed E-state index contributed by atoms with van der Waals surface area (Å²) >= 11 is 0. The van der Waals surface area contributed by atoms with Crippen LogP contribution in [0.3, 0.4) is 0 Å². The van der Waals surface area contributed by atoms with Crippen LogP contribution in [0.5, 0.6) is 0 Å². The van der Waals surface area contributed by atoms with E-state index >= 15 is 0 Å². The van der Waals surface area contributed by atoms with Crippen LogP contribution in [-0.4, -0.2) is 116 Å². The van der Waals surface area contributed by atoms with E-state index in [4.69, 9.17) is 47.4 Å². The maximum Gasteiger partial charge on any atom is 0.338 e. The molecule has 4 aromatic carbocycles. The Balaban J connectivity index is 0.835. The van der Waals surface area contributed by atoms with Crippen molar-refractivity contribution in [1.29, 1.82) is 0 Å². The van der Waals surface area contributed by atoms with E-state index in [1.165, 1.54) is 5.57 Å². The average molecular weight is 1110 g/mol. The van der Waals surface area contributed by atoms with E-state index in [9.17, 15) is 24.3 Å². The first-order chi connectivity index (χ1) is 39.1.